The molecule has 0 spiro atoms. The number of pyridine rings is 1. The number of carbonyl (C=O) groups is 1. The highest BCUT2D eigenvalue weighted by Gasteiger charge is 2.01. The van der Waals surface area contributed by atoms with Crippen LogP contribution in [0.3, 0.4) is 0 Å². The van der Waals surface area contributed by atoms with Gasteiger partial charge in [0, 0.05) is 19.2 Å². The highest BCUT2D eigenvalue weighted by atomic mass is 16.5. The molecule has 0 aliphatic rings. The van der Waals surface area contributed by atoms with Crippen LogP contribution in [0, 0.1) is 0 Å². The van der Waals surface area contributed by atoms with Gasteiger partial charge >= 0.3 is 0 Å². The zero-order chi connectivity index (χ0) is 10.6. The van der Waals surface area contributed by atoms with E-state index >= 15 is 0 Å². The van der Waals surface area contributed by atoms with Crippen molar-refractivity contribution in [3.8, 4) is 5.75 Å². The van der Waals surface area contributed by atoms with Gasteiger partial charge in [0.15, 0.2) is 0 Å². The fourth-order valence-corrected chi connectivity index (χ4v) is 1.01. The summed E-state index contributed by atoms with van der Waals surface area (Å²) in [7, 11) is 0. The Morgan fingerprint density at radius 3 is 2.86 bits per heavy atom. The molecular formula is C10H14N2O2. The fraction of sp³-hybridized carbons (Fsp3) is 0.400. The number of aromatic nitrogens is 1. The van der Waals surface area contributed by atoms with Gasteiger partial charge in [0.2, 0.25) is 5.91 Å². The molecule has 0 unspecified atom stereocenters. The number of hydrogen-bond donors (Lipinski definition) is 1. The topological polar surface area (TPSA) is 51.2 Å². The van der Waals surface area contributed by atoms with Crippen molar-refractivity contribution in [2.45, 2.75) is 26.9 Å². The lowest BCUT2D eigenvalue weighted by atomic mass is 10.4. The molecule has 0 atom stereocenters. The molecule has 0 aliphatic heterocycles. The van der Waals surface area contributed by atoms with E-state index in [2.05, 4.69) is 10.3 Å². The van der Waals surface area contributed by atoms with Gasteiger partial charge in [0.05, 0.1) is 6.10 Å². The zero-order valence-electron chi connectivity index (χ0n) is 8.57. The van der Waals surface area contributed by atoms with Crippen LogP contribution in [-0.4, -0.2) is 17.0 Å². The standard InChI is InChI=1S/C10H14N2O2/c1-7(2)14-9-4-5-11-10(6-9)12-8(3)13/h4-7H,1-3H3,(H,11,12,13). The maximum absolute atomic E-state index is 10.8. The summed E-state index contributed by atoms with van der Waals surface area (Å²) >= 11 is 0. The molecule has 0 fully saturated rings. The summed E-state index contributed by atoms with van der Waals surface area (Å²) in [6.45, 7) is 5.33. The third kappa shape index (κ3) is 3.43. The molecule has 0 aromatic carbocycles. The van der Waals surface area contributed by atoms with E-state index in [1.165, 1.54) is 6.92 Å². The third-order valence-electron chi connectivity index (χ3n) is 1.41. The summed E-state index contributed by atoms with van der Waals surface area (Å²) in [5.74, 6) is 1.08. The number of nitrogens with one attached hydrogen (secondary N) is 1. The van der Waals surface area contributed by atoms with Crippen molar-refractivity contribution < 1.29 is 9.53 Å². The van der Waals surface area contributed by atoms with Crippen LogP contribution in [0.25, 0.3) is 0 Å². The van der Waals surface area contributed by atoms with Gasteiger partial charge in [-0.2, -0.15) is 0 Å². The summed E-state index contributed by atoms with van der Waals surface area (Å²) < 4.78 is 5.45. The predicted molar refractivity (Wildman–Crippen MR) is 54.3 cm³/mol. The Morgan fingerprint density at radius 2 is 2.29 bits per heavy atom. The monoisotopic (exact) mass is 194 g/mol. The van der Waals surface area contributed by atoms with E-state index in [1.807, 2.05) is 13.8 Å². The first-order valence-electron chi connectivity index (χ1n) is 4.48. The molecule has 1 aromatic rings. The van der Waals surface area contributed by atoms with Gasteiger partial charge in [-0.3, -0.25) is 4.79 Å². The number of hydrogen-bond acceptors (Lipinski definition) is 3. The van der Waals surface area contributed by atoms with Crippen LogP contribution >= 0.6 is 0 Å². The van der Waals surface area contributed by atoms with E-state index in [1.54, 1.807) is 18.3 Å². The molecule has 0 radical (unpaired) electrons. The van der Waals surface area contributed by atoms with Crippen molar-refractivity contribution in [3.63, 3.8) is 0 Å². The first kappa shape index (κ1) is 10.5. The van der Waals surface area contributed by atoms with E-state index in [4.69, 9.17) is 4.74 Å². The first-order chi connectivity index (χ1) is 6.58. The Balaban J connectivity index is 2.73. The predicted octanol–water partition coefficient (Wildman–Crippen LogP) is 1.83. The normalized spacial score (nSPS) is 10.0. The molecule has 1 aromatic heterocycles. The maximum atomic E-state index is 10.8. The highest BCUT2D eigenvalue weighted by Crippen LogP contribution is 2.15. The molecule has 1 heterocycles. The van der Waals surface area contributed by atoms with Gasteiger partial charge in [0.1, 0.15) is 11.6 Å². The molecule has 0 bridgehead atoms. The molecule has 14 heavy (non-hydrogen) atoms. The number of anilines is 1. The van der Waals surface area contributed by atoms with Gasteiger partial charge < -0.3 is 10.1 Å². The molecular weight excluding hydrogens is 180 g/mol. The molecule has 76 valence electrons. The average molecular weight is 194 g/mol. The lowest BCUT2D eigenvalue weighted by molar-refractivity contribution is -0.114. The van der Waals surface area contributed by atoms with Crippen LogP contribution in [0.15, 0.2) is 18.3 Å². The largest absolute Gasteiger partial charge is 0.491 e. The second-order valence-corrected chi connectivity index (χ2v) is 3.22. The molecule has 4 nitrogen and oxygen atoms in total. The molecule has 1 rings (SSSR count). The minimum atomic E-state index is -0.140. The lowest BCUT2D eigenvalue weighted by Gasteiger charge is -2.10. The smallest absolute Gasteiger partial charge is 0.222 e. The number of ether oxygens (including phenoxy) is 1. The summed E-state index contributed by atoms with van der Waals surface area (Å²) in [6.07, 6.45) is 1.71. The molecule has 0 saturated heterocycles. The average Bonchev–Trinajstić information content (AvgIpc) is 2.01. The van der Waals surface area contributed by atoms with Gasteiger partial charge in [0.25, 0.3) is 0 Å². The van der Waals surface area contributed by atoms with Crippen molar-refractivity contribution in [1.29, 1.82) is 0 Å². The quantitative estimate of drug-likeness (QED) is 0.798. The Hall–Kier alpha value is -1.58. The van der Waals surface area contributed by atoms with Crippen molar-refractivity contribution in [3.05, 3.63) is 18.3 Å². The Morgan fingerprint density at radius 1 is 1.57 bits per heavy atom. The molecule has 0 saturated carbocycles. The second kappa shape index (κ2) is 4.60. The summed E-state index contributed by atoms with van der Waals surface area (Å²) in [5, 5.41) is 2.59. The molecule has 4 heteroatoms. The van der Waals surface area contributed by atoms with Crippen molar-refractivity contribution >= 4 is 11.7 Å². The number of carbonyl (C=O) groups excluding carboxylic acids is 1. The zero-order valence-corrected chi connectivity index (χ0v) is 8.57. The van der Waals surface area contributed by atoms with Crippen molar-refractivity contribution in [1.82, 2.24) is 4.98 Å². The fourth-order valence-electron chi connectivity index (χ4n) is 1.01. The minimum absolute atomic E-state index is 0.113. The van der Waals surface area contributed by atoms with E-state index in [0.29, 0.717) is 11.6 Å². The van der Waals surface area contributed by atoms with E-state index in [-0.39, 0.29) is 12.0 Å². The third-order valence-corrected chi connectivity index (χ3v) is 1.41. The number of nitrogens with zero attached hydrogens (tertiary/aromatic N) is 1. The van der Waals surface area contributed by atoms with Crippen LogP contribution in [0.1, 0.15) is 20.8 Å². The SMILES string of the molecule is CC(=O)Nc1cc(OC(C)C)ccn1. The van der Waals surface area contributed by atoms with Crippen molar-refractivity contribution in [2.75, 3.05) is 5.32 Å². The minimum Gasteiger partial charge on any atom is -0.491 e. The first-order valence-corrected chi connectivity index (χ1v) is 4.48. The van der Waals surface area contributed by atoms with Gasteiger partial charge in [-0.1, -0.05) is 0 Å². The number of rotatable bonds is 3. The molecule has 1 N–H and O–H groups in total. The van der Waals surface area contributed by atoms with E-state index in [9.17, 15) is 4.79 Å². The van der Waals surface area contributed by atoms with E-state index < -0.39 is 0 Å². The summed E-state index contributed by atoms with van der Waals surface area (Å²) in [5.41, 5.74) is 0. The van der Waals surface area contributed by atoms with Crippen molar-refractivity contribution in [2.24, 2.45) is 0 Å². The molecule has 1 amide bonds. The summed E-state index contributed by atoms with van der Waals surface area (Å²) in [4.78, 5) is 14.7. The maximum Gasteiger partial charge on any atom is 0.222 e. The Bertz CT molecular complexity index is 324. The second-order valence-electron chi connectivity index (χ2n) is 3.22. The lowest BCUT2D eigenvalue weighted by Crippen LogP contribution is -2.09. The van der Waals surface area contributed by atoms with Crippen LogP contribution in [0.5, 0.6) is 5.75 Å². The van der Waals surface area contributed by atoms with E-state index in [0.717, 1.165) is 0 Å². The highest BCUT2D eigenvalue weighted by molar-refractivity contribution is 5.87. The van der Waals surface area contributed by atoms with Gasteiger partial charge in [-0.15, -0.1) is 0 Å². The summed E-state index contributed by atoms with van der Waals surface area (Å²) in [6, 6.07) is 3.45. The van der Waals surface area contributed by atoms with Gasteiger partial charge in [-0.05, 0) is 19.9 Å². The van der Waals surface area contributed by atoms with Crippen LogP contribution in [0.4, 0.5) is 5.82 Å². The molecule has 0 aliphatic carbocycles. The van der Waals surface area contributed by atoms with Crippen LogP contribution in [0.2, 0.25) is 0 Å². The van der Waals surface area contributed by atoms with Gasteiger partial charge in [-0.25, -0.2) is 4.98 Å². The number of amides is 1. The van der Waals surface area contributed by atoms with Crippen LogP contribution in [-0.2, 0) is 4.79 Å². The van der Waals surface area contributed by atoms with Crippen LogP contribution < -0.4 is 10.1 Å². The Kier molecular flexibility index (Phi) is 3.45. The Labute approximate surface area is 83.3 Å².